The average Bonchev–Trinajstić information content (AvgIpc) is 3.03. The predicted molar refractivity (Wildman–Crippen MR) is 84.6 cm³/mol. The normalized spacial score (nSPS) is 27.9. The monoisotopic (exact) mass is 321 g/mol. The van der Waals surface area contributed by atoms with Gasteiger partial charge in [0.25, 0.3) is 0 Å². The number of aliphatic hydroxyl groups is 1. The lowest BCUT2D eigenvalue weighted by molar-refractivity contribution is -0.138. The van der Waals surface area contributed by atoms with Gasteiger partial charge in [-0.15, -0.1) is 0 Å². The van der Waals surface area contributed by atoms with Gasteiger partial charge in [0, 0.05) is 12.5 Å². The molecule has 1 aliphatic carbocycles. The number of hydrogen-bond donors (Lipinski definition) is 1. The maximum absolute atomic E-state index is 12.9. The van der Waals surface area contributed by atoms with E-state index >= 15 is 0 Å². The van der Waals surface area contributed by atoms with Crippen LogP contribution in [-0.2, 0) is 4.79 Å². The summed E-state index contributed by atoms with van der Waals surface area (Å²) in [7, 11) is 0. The number of aliphatic hydroxyl groups excluding tert-OH is 1. The van der Waals surface area contributed by atoms with Crippen molar-refractivity contribution in [3.05, 3.63) is 30.1 Å². The molecule has 0 radical (unpaired) electrons. The number of benzene rings is 1. The van der Waals surface area contributed by atoms with E-state index in [2.05, 4.69) is 0 Å². The number of nitrogens with zero attached hydrogens (tertiary/aromatic N) is 1. The molecule has 2 aliphatic rings. The molecule has 1 aromatic carbocycles. The summed E-state index contributed by atoms with van der Waals surface area (Å²) in [5.41, 5.74) is 0. The third-order valence-electron chi connectivity index (χ3n) is 4.96. The molecule has 3 rings (SSSR count). The molecule has 1 aromatic rings. The molecule has 0 spiro atoms. The summed E-state index contributed by atoms with van der Waals surface area (Å²) >= 11 is 0. The summed E-state index contributed by atoms with van der Waals surface area (Å²) in [6.45, 7) is 1.24. The Bertz CT molecular complexity index is 526. The fourth-order valence-electron chi connectivity index (χ4n) is 3.58. The van der Waals surface area contributed by atoms with Crippen molar-refractivity contribution in [3.63, 3.8) is 0 Å². The molecule has 1 amide bonds. The summed E-state index contributed by atoms with van der Waals surface area (Å²) in [5.74, 6) is 0.605. The van der Waals surface area contributed by atoms with Crippen molar-refractivity contribution >= 4 is 5.91 Å². The second kappa shape index (κ2) is 7.30. The van der Waals surface area contributed by atoms with Crippen molar-refractivity contribution in [2.45, 2.75) is 50.7 Å². The Hall–Kier alpha value is -1.62. The molecule has 1 atom stereocenters. The van der Waals surface area contributed by atoms with Crippen LogP contribution in [0.4, 0.5) is 4.39 Å². The first-order chi connectivity index (χ1) is 11.1. The van der Waals surface area contributed by atoms with Crippen LogP contribution in [0.15, 0.2) is 24.3 Å². The zero-order chi connectivity index (χ0) is 16.2. The van der Waals surface area contributed by atoms with Gasteiger partial charge in [-0.3, -0.25) is 4.79 Å². The molecule has 5 heteroatoms. The molecule has 23 heavy (non-hydrogen) atoms. The Kier molecular flexibility index (Phi) is 5.16. The smallest absolute Gasteiger partial charge is 0.226 e. The topological polar surface area (TPSA) is 49.8 Å². The van der Waals surface area contributed by atoms with Crippen LogP contribution in [0.25, 0.3) is 0 Å². The molecule has 0 bridgehead atoms. The minimum atomic E-state index is -0.283. The summed E-state index contributed by atoms with van der Waals surface area (Å²) in [5, 5.41) is 9.58. The molecular formula is C18H24FNO3. The van der Waals surface area contributed by atoms with Crippen LogP contribution >= 0.6 is 0 Å². The third kappa shape index (κ3) is 4.02. The lowest BCUT2D eigenvalue weighted by Crippen LogP contribution is -2.43. The molecule has 1 heterocycles. The first-order valence-electron chi connectivity index (χ1n) is 8.50. The second-order valence-electron chi connectivity index (χ2n) is 6.60. The van der Waals surface area contributed by atoms with Gasteiger partial charge in [0.15, 0.2) is 0 Å². The van der Waals surface area contributed by atoms with Gasteiger partial charge in [-0.05, 0) is 62.8 Å². The average molecular weight is 321 g/mol. The highest BCUT2D eigenvalue weighted by Crippen LogP contribution is 2.29. The quantitative estimate of drug-likeness (QED) is 0.928. The second-order valence-corrected chi connectivity index (χ2v) is 6.60. The summed E-state index contributed by atoms with van der Waals surface area (Å²) in [6.07, 6.45) is 4.71. The van der Waals surface area contributed by atoms with E-state index in [0.717, 1.165) is 45.1 Å². The van der Waals surface area contributed by atoms with E-state index in [0.29, 0.717) is 12.4 Å². The van der Waals surface area contributed by atoms with Crippen molar-refractivity contribution in [2.24, 2.45) is 5.92 Å². The number of ether oxygens (including phenoxy) is 1. The van der Waals surface area contributed by atoms with Crippen LogP contribution in [0.2, 0.25) is 0 Å². The van der Waals surface area contributed by atoms with E-state index in [1.165, 1.54) is 12.1 Å². The zero-order valence-electron chi connectivity index (χ0n) is 13.3. The largest absolute Gasteiger partial charge is 0.491 e. The number of rotatable bonds is 4. The van der Waals surface area contributed by atoms with Crippen molar-refractivity contribution < 1.29 is 19.0 Å². The van der Waals surface area contributed by atoms with Gasteiger partial charge >= 0.3 is 0 Å². The molecule has 1 saturated heterocycles. The molecule has 0 aromatic heterocycles. The fraction of sp³-hybridized carbons (Fsp3) is 0.611. The van der Waals surface area contributed by atoms with E-state index in [4.69, 9.17) is 4.74 Å². The standard InChI is InChI=1S/C18H24FNO3/c19-14-5-9-17(10-6-14)23-12-15-2-1-11-20(15)18(22)13-3-7-16(21)8-4-13/h5-6,9-10,13,15-16,21H,1-4,7-8,11-12H2. The number of amides is 1. The van der Waals surface area contributed by atoms with E-state index in [1.807, 2.05) is 4.90 Å². The maximum atomic E-state index is 12.9. The van der Waals surface area contributed by atoms with Gasteiger partial charge in [0.2, 0.25) is 5.91 Å². The molecule has 1 aliphatic heterocycles. The Labute approximate surface area is 136 Å². The number of halogens is 1. The van der Waals surface area contributed by atoms with Gasteiger partial charge in [0.1, 0.15) is 18.2 Å². The highest BCUT2D eigenvalue weighted by Gasteiger charge is 2.35. The summed E-state index contributed by atoms with van der Waals surface area (Å²) in [4.78, 5) is 14.7. The number of hydrogen-bond acceptors (Lipinski definition) is 3. The molecule has 4 nitrogen and oxygen atoms in total. The highest BCUT2D eigenvalue weighted by molar-refractivity contribution is 5.79. The highest BCUT2D eigenvalue weighted by atomic mass is 19.1. The molecule has 126 valence electrons. The van der Waals surface area contributed by atoms with Gasteiger partial charge in [-0.25, -0.2) is 4.39 Å². The lowest BCUT2D eigenvalue weighted by atomic mass is 9.86. The first-order valence-corrected chi connectivity index (χ1v) is 8.50. The van der Waals surface area contributed by atoms with E-state index in [9.17, 15) is 14.3 Å². The first kappa shape index (κ1) is 16.2. The van der Waals surface area contributed by atoms with E-state index in [-0.39, 0.29) is 29.8 Å². The van der Waals surface area contributed by atoms with Gasteiger partial charge in [0.05, 0.1) is 12.1 Å². The Morgan fingerprint density at radius 1 is 1.17 bits per heavy atom. The van der Waals surface area contributed by atoms with Crippen molar-refractivity contribution in [1.82, 2.24) is 4.90 Å². The van der Waals surface area contributed by atoms with E-state index in [1.54, 1.807) is 12.1 Å². The Balaban J connectivity index is 1.54. The van der Waals surface area contributed by atoms with Crippen LogP contribution in [-0.4, -0.2) is 41.2 Å². The van der Waals surface area contributed by atoms with Gasteiger partial charge in [-0.2, -0.15) is 0 Å². The molecule has 1 N–H and O–H groups in total. The van der Waals surface area contributed by atoms with Gasteiger partial charge in [-0.1, -0.05) is 0 Å². The number of carbonyl (C=O) groups is 1. The minimum absolute atomic E-state index is 0.0461. The Morgan fingerprint density at radius 3 is 2.57 bits per heavy atom. The molecule has 2 fully saturated rings. The van der Waals surface area contributed by atoms with Crippen LogP contribution in [0.3, 0.4) is 0 Å². The van der Waals surface area contributed by atoms with Crippen molar-refractivity contribution in [3.8, 4) is 5.75 Å². The number of carbonyl (C=O) groups excluding carboxylic acids is 1. The summed E-state index contributed by atoms with van der Waals surface area (Å²) < 4.78 is 18.6. The summed E-state index contributed by atoms with van der Waals surface area (Å²) in [6, 6.07) is 6.07. The Morgan fingerprint density at radius 2 is 1.87 bits per heavy atom. The maximum Gasteiger partial charge on any atom is 0.226 e. The van der Waals surface area contributed by atoms with Crippen LogP contribution < -0.4 is 4.74 Å². The predicted octanol–water partition coefficient (Wildman–Crippen LogP) is 2.75. The van der Waals surface area contributed by atoms with Crippen LogP contribution in [0, 0.1) is 11.7 Å². The third-order valence-corrected chi connectivity index (χ3v) is 4.96. The molecule has 1 unspecified atom stereocenters. The lowest BCUT2D eigenvalue weighted by Gasteiger charge is -2.31. The zero-order valence-corrected chi connectivity index (χ0v) is 13.3. The number of likely N-dealkylation sites (tertiary alicyclic amines) is 1. The fourth-order valence-corrected chi connectivity index (χ4v) is 3.58. The minimum Gasteiger partial charge on any atom is -0.491 e. The molecule has 1 saturated carbocycles. The SMILES string of the molecule is O=C(C1CCC(O)CC1)N1CCCC1COc1ccc(F)cc1. The molecular weight excluding hydrogens is 297 g/mol. The van der Waals surface area contributed by atoms with Crippen LogP contribution in [0.5, 0.6) is 5.75 Å². The van der Waals surface area contributed by atoms with Crippen LogP contribution in [0.1, 0.15) is 38.5 Å². The van der Waals surface area contributed by atoms with E-state index < -0.39 is 0 Å². The van der Waals surface area contributed by atoms with Crippen molar-refractivity contribution in [1.29, 1.82) is 0 Å². The van der Waals surface area contributed by atoms with Gasteiger partial charge < -0.3 is 14.7 Å². The van der Waals surface area contributed by atoms with Crippen molar-refractivity contribution in [2.75, 3.05) is 13.2 Å².